The van der Waals surface area contributed by atoms with Gasteiger partial charge in [-0.15, -0.1) is 0 Å². The molecule has 3 aromatic rings. The monoisotopic (exact) mass is 327 g/mol. The van der Waals surface area contributed by atoms with Crippen LogP contribution >= 0.6 is 0 Å². The first-order valence-electron chi connectivity index (χ1n) is 8.40. The molecule has 1 fully saturated rings. The van der Waals surface area contributed by atoms with Crippen molar-refractivity contribution in [3.8, 4) is 0 Å². The summed E-state index contributed by atoms with van der Waals surface area (Å²) in [6.07, 6.45) is 5.40. The smallest absolute Gasteiger partial charge is 0.226 e. The van der Waals surface area contributed by atoms with E-state index >= 15 is 0 Å². The zero-order valence-corrected chi connectivity index (χ0v) is 13.8. The highest BCUT2D eigenvalue weighted by atomic mass is 16.5. The van der Waals surface area contributed by atoms with Gasteiger partial charge >= 0.3 is 0 Å². The predicted octanol–water partition coefficient (Wildman–Crippen LogP) is 1.62. The van der Waals surface area contributed by atoms with Gasteiger partial charge in [-0.05, 0) is 12.5 Å². The minimum Gasteiger partial charge on any atom is -0.355 e. The maximum absolute atomic E-state index is 5.20. The summed E-state index contributed by atoms with van der Waals surface area (Å²) < 4.78 is 5.20. The number of fused-ring (bicyclic) bond motifs is 1. The lowest BCUT2D eigenvalue weighted by Gasteiger charge is -2.22. The molecule has 24 heavy (non-hydrogen) atoms. The quantitative estimate of drug-likeness (QED) is 0.779. The van der Waals surface area contributed by atoms with Crippen molar-refractivity contribution in [2.75, 3.05) is 31.1 Å². The van der Waals surface area contributed by atoms with Crippen LogP contribution in [0.25, 0.3) is 11.0 Å². The van der Waals surface area contributed by atoms with Gasteiger partial charge in [0.2, 0.25) is 5.89 Å². The van der Waals surface area contributed by atoms with E-state index in [4.69, 9.17) is 4.52 Å². The molecule has 1 aliphatic heterocycles. The van der Waals surface area contributed by atoms with Crippen LogP contribution in [0.5, 0.6) is 0 Å². The number of aromatic amines is 1. The Balaban J connectivity index is 1.45. The number of anilines is 1. The highest BCUT2D eigenvalue weighted by Crippen LogP contribution is 2.23. The number of nitrogens with one attached hydrogen (secondary N) is 1. The second-order valence-electron chi connectivity index (χ2n) is 6.01. The van der Waals surface area contributed by atoms with E-state index in [1.165, 1.54) is 0 Å². The maximum Gasteiger partial charge on any atom is 0.226 e. The molecule has 1 saturated heterocycles. The number of rotatable bonds is 4. The fourth-order valence-electron chi connectivity index (χ4n) is 3.15. The average molecular weight is 327 g/mol. The molecular weight excluding hydrogens is 306 g/mol. The standard InChI is InChI=1S/C16H21N7O/c1-2-14-20-13(21-24-14)10-22-6-3-7-23(9-8-22)16-12-4-5-17-15(12)18-11-19-16/h4-5,11H,2-3,6-10H2,1H3,(H,17,18,19). The van der Waals surface area contributed by atoms with Crippen LogP contribution in [0.4, 0.5) is 5.82 Å². The van der Waals surface area contributed by atoms with Crippen LogP contribution in [0, 0.1) is 0 Å². The second-order valence-corrected chi connectivity index (χ2v) is 6.01. The third-order valence-corrected chi connectivity index (χ3v) is 4.40. The Bertz CT molecular complexity index is 811. The molecule has 3 aromatic heterocycles. The van der Waals surface area contributed by atoms with Crippen molar-refractivity contribution in [3.05, 3.63) is 30.3 Å². The fraction of sp³-hybridized carbons (Fsp3) is 0.500. The van der Waals surface area contributed by atoms with Gasteiger partial charge in [0.05, 0.1) is 11.9 Å². The lowest BCUT2D eigenvalue weighted by molar-refractivity contribution is 0.271. The molecule has 4 rings (SSSR count). The minimum absolute atomic E-state index is 0.706. The van der Waals surface area contributed by atoms with Gasteiger partial charge in [-0.25, -0.2) is 9.97 Å². The van der Waals surface area contributed by atoms with E-state index in [1.54, 1.807) is 6.33 Å². The number of hydrogen-bond donors (Lipinski definition) is 1. The van der Waals surface area contributed by atoms with Crippen LogP contribution in [-0.4, -0.2) is 56.2 Å². The van der Waals surface area contributed by atoms with Crippen molar-refractivity contribution >= 4 is 16.9 Å². The van der Waals surface area contributed by atoms with E-state index in [9.17, 15) is 0 Å². The van der Waals surface area contributed by atoms with Gasteiger partial charge < -0.3 is 14.4 Å². The van der Waals surface area contributed by atoms with Crippen molar-refractivity contribution < 1.29 is 4.52 Å². The maximum atomic E-state index is 5.20. The number of aryl methyl sites for hydroxylation is 1. The Morgan fingerprint density at radius 3 is 3.04 bits per heavy atom. The summed E-state index contributed by atoms with van der Waals surface area (Å²) in [6, 6.07) is 2.04. The number of aromatic nitrogens is 5. The zero-order chi connectivity index (χ0) is 16.4. The van der Waals surface area contributed by atoms with Crippen LogP contribution in [0.3, 0.4) is 0 Å². The Kier molecular flexibility index (Phi) is 4.12. The number of hydrogen-bond acceptors (Lipinski definition) is 7. The first kappa shape index (κ1) is 15.1. The fourth-order valence-corrected chi connectivity index (χ4v) is 3.15. The molecule has 0 radical (unpaired) electrons. The number of nitrogens with zero attached hydrogens (tertiary/aromatic N) is 6. The summed E-state index contributed by atoms with van der Waals surface area (Å²) in [5, 5.41) is 5.14. The second kappa shape index (κ2) is 6.56. The molecule has 0 atom stereocenters. The van der Waals surface area contributed by atoms with Gasteiger partial charge in [-0.1, -0.05) is 12.1 Å². The molecule has 8 heteroatoms. The summed E-state index contributed by atoms with van der Waals surface area (Å²) in [5.41, 5.74) is 0.889. The lowest BCUT2D eigenvalue weighted by atomic mass is 10.3. The van der Waals surface area contributed by atoms with E-state index in [-0.39, 0.29) is 0 Å². The summed E-state index contributed by atoms with van der Waals surface area (Å²) in [5.74, 6) is 2.49. The van der Waals surface area contributed by atoms with Crippen LogP contribution in [0.1, 0.15) is 25.1 Å². The number of H-pyrrole nitrogens is 1. The van der Waals surface area contributed by atoms with Crippen LogP contribution in [0.15, 0.2) is 23.1 Å². The van der Waals surface area contributed by atoms with Crippen LogP contribution in [0.2, 0.25) is 0 Å². The Labute approximate surface area is 139 Å². The largest absolute Gasteiger partial charge is 0.355 e. The van der Waals surface area contributed by atoms with Crippen molar-refractivity contribution in [1.29, 1.82) is 0 Å². The van der Waals surface area contributed by atoms with E-state index in [1.807, 2.05) is 19.2 Å². The lowest BCUT2D eigenvalue weighted by Crippen LogP contribution is -2.31. The van der Waals surface area contributed by atoms with Crippen molar-refractivity contribution in [2.45, 2.75) is 26.3 Å². The molecule has 0 amide bonds. The van der Waals surface area contributed by atoms with Crippen molar-refractivity contribution in [3.63, 3.8) is 0 Å². The molecule has 0 spiro atoms. The molecule has 0 bridgehead atoms. The van der Waals surface area contributed by atoms with Crippen LogP contribution < -0.4 is 4.90 Å². The summed E-state index contributed by atoms with van der Waals surface area (Å²) in [7, 11) is 0. The van der Waals surface area contributed by atoms with Gasteiger partial charge in [0.15, 0.2) is 5.82 Å². The SMILES string of the molecule is CCc1nc(CN2CCCN(c3ncnc4[nH]ccc34)CC2)no1. The summed E-state index contributed by atoms with van der Waals surface area (Å²) in [4.78, 5) is 21.0. The van der Waals surface area contributed by atoms with Gasteiger partial charge in [-0.2, -0.15) is 4.98 Å². The topological polar surface area (TPSA) is 87.0 Å². The van der Waals surface area contributed by atoms with Gasteiger partial charge in [0, 0.05) is 38.8 Å². The molecular formula is C16H21N7O. The van der Waals surface area contributed by atoms with E-state index in [2.05, 4.69) is 34.9 Å². The Morgan fingerprint density at radius 2 is 2.17 bits per heavy atom. The molecule has 1 N–H and O–H groups in total. The molecule has 0 saturated carbocycles. The van der Waals surface area contributed by atoms with Crippen molar-refractivity contribution in [1.82, 2.24) is 30.0 Å². The van der Waals surface area contributed by atoms with Crippen LogP contribution in [-0.2, 0) is 13.0 Å². The van der Waals surface area contributed by atoms with E-state index in [0.717, 1.165) is 68.2 Å². The molecule has 8 nitrogen and oxygen atoms in total. The molecule has 4 heterocycles. The van der Waals surface area contributed by atoms with Crippen molar-refractivity contribution in [2.24, 2.45) is 0 Å². The molecule has 1 aliphatic rings. The zero-order valence-electron chi connectivity index (χ0n) is 13.8. The van der Waals surface area contributed by atoms with Gasteiger partial charge in [0.25, 0.3) is 0 Å². The highest BCUT2D eigenvalue weighted by Gasteiger charge is 2.19. The van der Waals surface area contributed by atoms with E-state index in [0.29, 0.717) is 5.89 Å². The highest BCUT2D eigenvalue weighted by molar-refractivity contribution is 5.87. The first-order chi connectivity index (χ1) is 11.8. The van der Waals surface area contributed by atoms with E-state index < -0.39 is 0 Å². The molecule has 0 aromatic carbocycles. The van der Waals surface area contributed by atoms with Gasteiger partial charge in [-0.3, -0.25) is 4.90 Å². The average Bonchev–Trinajstić information content (AvgIpc) is 3.20. The Morgan fingerprint density at radius 1 is 1.21 bits per heavy atom. The first-order valence-corrected chi connectivity index (χ1v) is 8.40. The Hall–Kier alpha value is -2.48. The summed E-state index contributed by atoms with van der Waals surface area (Å²) >= 11 is 0. The third kappa shape index (κ3) is 2.96. The third-order valence-electron chi connectivity index (χ3n) is 4.40. The summed E-state index contributed by atoms with van der Waals surface area (Å²) in [6.45, 7) is 6.64. The molecule has 0 unspecified atom stereocenters. The minimum atomic E-state index is 0.706. The predicted molar refractivity (Wildman–Crippen MR) is 89.7 cm³/mol. The normalized spacial score (nSPS) is 16.6. The van der Waals surface area contributed by atoms with Gasteiger partial charge in [0.1, 0.15) is 17.8 Å². The molecule has 0 aliphatic carbocycles. The molecule has 126 valence electrons.